The molecule has 7 nitrogen and oxygen atoms in total. The Morgan fingerprint density at radius 1 is 1.07 bits per heavy atom. The molecule has 1 aromatic heterocycles. The molecular weight excluding hydrogens is 362 g/mol. The van der Waals surface area contributed by atoms with Crippen molar-refractivity contribution in [1.29, 1.82) is 0 Å². The van der Waals surface area contributed by atoms with E-state index in [0.29, 0.717) is 12.0 Å². The van der Waals surface area contributed by atoms with Gasteiger partial charge in [0.25, 0.3) is 0 Å². The van der Waals surface area contributed by atoms with Crippen molar-refractivity contribution in [3.63, 3.8) is 0 Å². The van der Waals surface area contributed by atoms with Crippen LogP contribution in [0.25, 0.3) is 0 Å². The molecule has 0 aliphatic heterocycles. The zero-order chi connectivity index (χ0) is 21.1. The Bertz CT molecular complexity index is 717. The highest BCUT2D eigenvalue weighted by atomic mass is 16.6. The number of hydrogen-bond donors (Lipinski definition) is 0. The minimum absolute atomic E-state index is 0.203. The van der Waals surface area contributed by atoms with E-state index in [2.05, 4.69) is 4.98 Å². The number of rotatable bonds is 5. The van der Waals surface area contributed by atoms with Gasteiger partial charge < -0.3 is 14.2 Å². The van der Waals surface area contributed by atoms with E-state index in [-0.39, 0.29) is 11.8 Å². The molecule has 2 rings (SSSR count). The Morgan fingerprint density at radius 3 is 2.21 bits per heavy atom. The van der Waals surface area contributed by atoms with Crippen LogP contribution in [0.15, 0.2) is 24.5 Å². The van der Waals surface area contributed by atoms with E-state index in [0.717, 1.165) is 0 Å². The van der Waals surface area contributed by atoms with E-state index >= 15 is 0 Å². The van der Waals surface area contributed by atoms with E-state index in [4.69, 9.17) is 14.2 Å². The van der Waals surface area contributed by atoms with Crippen LogP contribution in [0.3, 0.4) is 0 Å². The van der Waals surface area contributed by atoms with Gasteiger partial charge in [0.15, 0.2) is 0 Å². The summed E-state index contributed by atoms with van der Waals surface area (Å²) in [5, 5.41) is 0. The van der Waals surface area contributed by atoms with Crippen LogP contribution in [0.1, 0.15) is 58.3 Å². The van der Waals surface area contributed by atoms with Gasteiger partial charge in [-0.15, -0.1) is 0 Å². The molecule has 1 saturated carbocycles. The summed E-state index contributed by atoms with van der Waals surface area (Å²) in [6.07, 6.45) is 1.92. The van der Waals surface area contributed by atoms with E-state index in [1.54, 1.807) is 18.3 Å². The number of carbonyl (C=O) groups is 3. The molecule has 1 aliphatic rings. The molecule has 5 unspecified atom stereocenters. The van der Waals surface area contributed by atoms with Crippen molar-refractivity contribution < 1.29 is 28.6 Å². The third-order valence-corrected chi connectivity index (χ3v) is 5.47. The van der Waals surface area contributed by atoms with Crippen LogP contribution in [-0.2, 0) is 23.8 Å². The molecule has 0 spiro atoms. The van der Waals surface area contributed by atoms with Crippen molar-refractivity contribution in [3.8, 4) is 0 Å². The monoisotopic (exact) mass is 391 g/mol. The fourth-order valence-corrected chi connectivity index (χ4v) is 4.30. The zero-order valence-electron chi connectivity index (χ0n) is 17.3. The Kier molecular flexibility index (Phi) is 6.80. The first kappa shape index (κ1) is 21.9. The molecule has 0 bridgehead atoms. The van der Waals surface area contributed by atoms with Gasteiger partial charge in [-0.1, -0.05) is 27.7 Å². The summed E-state index contributed by atoms with van der Waals surface area (Å²) in [7, 11) is 0. The maximum Gasteiger partial charge on any atom is 0.340 e. The smallest absolute Gasteiger partial charge is 0.340 e. The van der Waals surface area contributed by atoms with Gasteiger partial charge in [-0.3, -0.25) is 14.6 Å². The lowest BCUT2D eigenvalue weighted by atomic mass is 9.61. The van der Waals surface area contributed by atoms with Crippen molar-refractivity contribution in [2.75, 3.05) is 0 Å². The lowest BCUT2D eigenvalue weighted by Crippen LogP contribution is -2.62. The molecule has 5 atom stereocenters. The summed E-state index contributed by atoms with van der Waals surface area (Å²) in [4.78, 5) is 40.1. The number of ether oxygens (including phenoxy) is 3. The van der Waals surface area contributed by atoms with Crippen LogP contribution in [0.5, 0.6) is 0 Å². The van der Waals surface area contributed by atoms with Crippen molar-refractivity contribution in [2.45, 2.75) is 66.3 Å². The first-order chi connectivity index (χ1) is 13.1. The van der Waals surface area contributed by atoms with Crippen LogP contribution in [-0.4, -0.2) is 41.2 Å². The lowest BCUT2D eigenvalue weighted by Gasteiger charge is -2.53. The topological polar surface area (TPSA) is 91.8 Å². The van der Waals surface area contributed by atoms with Gasteiger partial charge in [-0.25, -0.2) is 4.79 Å². The summed E-state index contributed by atoms with van der Waals surface area (Å²) in [5.41, 5.74) is -0.350. The summed E-state index contributed by atoms with van der Waals surface area (Å²) in [6, 6.07) is 3.28. The predicted molar refractivity (Wildman–Crippen MR) is 101 cm³/mol. The fraction of sp³-hybridized carbons (Fsp3) is 0.619. The second kappa shape index (κ2) is 8.71. The first-order valence-corrected chi connectivity index (χ1v) is 9.55. The van der Waals surface area contributed by atoms with Crippen molar-refractivity contribution in [1.82, 2.24) is 4.98 Å². The lowest BCUT2D eigenvalue weighted by molar-refractivity contribution is -0.213. The Balaban J connectivity index is 2.41. The number of carbonyl (C=O) groups excluding carboxylic acids is 3. The number of pyridine rings is 1. The molecule has 1 heterocycles. The molecule has 0 saturated heterocycles. The summed E-state index contributed by atoms with van der Waals surface area (Å²) >= 11 is 0. The molecule has 0 radical (unpaired) electrons. The standard InChI is InChI=1S/C21H29NO6/c1-7-16-17(26-13(3)23)12(2)18(21(5,6)19(16)27-14(4)24)28-20(25)15-9-8-10-22-11-15/h8-12,16-19H,7H2,1-6H3. The van der Waals surface area contributed by atoms with Gasteiger partial charge in [0.2, 0.25) is 0 Å². The number of hydrogen-bond acceptors (Lipinski definition) is 7. The van der Waals surface area contributed by atoms with E-state index in [9.17, 15) is 14.4 Å². The second-order valence-electron chi connectivity index (χ2n) is 7.92. The minimum atomic E-state index is -0.680. The highest BCUT2D eigenvalue weighted by Gasteiger charge is 2.57. The van der Waals surface area contributed by atoms with Gasteiger partial charge in [0, 0.05) is 43.5 Å². The average Bonchev–Trinajstić information content (AvgIpc) is 2.63. The normalized spacial score (nSPS) is 28.9. The molecule has 1 aliphatic carbocycles. The summed E-state index contributed by atoms with van der Waals surface area (Å²) < 4.78 is 17.1. The maximum atomic E-state index is 12.7. The Morgan fingerprint density at radius 2 is 1.71 bits per heavy atom. The molecule has 0 amide bonds. The largest absolute Gasteiger partial charge is 0.462 e. The van der Waals surface area contributed by atoms with Crippen molar-refractivity contribution in [2.24, 2.45) is 17.3 Å². The quantitative estimate of drug-likeness (QED) is 0.562. The van der Waals surface area contributed by atoms with Gasteiger partial charge in [0.05, 0.1) is 5.56 Å². The predicted octanol–water partition coefficient (Wildman–Crippen LogP) is 3.17. The van der Waals surface area contributed by atoms with E-state index < -0.39 is 41.6 Å². The van der Waals surface area contributed by atoms with Crippen molar-refractivity contribution in [3.05, 3.63) is 30.1 Å². The zero-order valence-corrected chi connectivity index (χ0v) is 17.3. The van der Waals surface area contributed by atoms with Crippen molar-refractivity contribution >= 4 is 17.9 Å². The summed E-state index contributed by atoms with van der Waals surface area (Å²) in [5.74, 6) is -1.85. The van der Waals surface area contributed by atoms with Crippen LogP contribution in [0.4, 0.5) is 0 Å². The highest BCUT2D eigenvalue weighted by Crippen LogP contribution is 2.48. The second-order valence-corrected chi connectivity index (χ2v) is 7.92. The Labute approximate surface area is 165 Å². The molecule has 28 heavy (non-hydrogen) atoms. The molecule has 1 aromatic rings. The van der Waals surface area contributed by atoms with E-state index in [1.807, 2.05) is 27.7 Å². The maximum absolute atomic E-state index is 12.7. The van der Waals surface area contributed by atoms with Crippen LogP contribution >= 0.6 is 0 Å². The molecule has 1 fully saturated rings. The highest BCUT2D eigenvalue weighted by molar-refractivity contribution is 5.89. The van der Waals surface area contributed by atoms with Crippen LogP contribution in [0, 0.1) is 17.3 Å². The number of esters is 3. The van der Waals surface area contributed by atoms with Crippen LogP contribution in [0.2, 0.25) is 0 Å². The molecule has 0 aromatic carbocycles. The molecule has 154 valence electrons. The molecule has 0 N–H and O–H groups in total. The molecule has 7 heteroatoms. The molecular formula is C21H29NO6. The minimum Gasteiger partial charge on any atom is -0.462 e. The number of nitrogens with zero attached hydrogens (tertiary/aromatic N) is 1. The van der Waals surface area contributed by atoms with Crippen LogP contribution < -0.4 is 0 Å². The third kappa shape index (κ3) is 4.51. The SMILES string of the molecule is CCC1C(OC(C)=O)C(C)C(OC(=O)c2cccnc2)C(C)(C)C1OC(C)=O. The average molecular weight is 391 g/mol. The fourth-order valence-electron chi connectivity index (χ4n) is 4.30. The van der Waals surface area contributed by atoms with Gasteiger partial charge in [-0.05, 0) is 18.6 Å². The number of aromatic nitrogens is 1. The Hall–Kier alpha value is -2.44. The summed E-state index contributed by atoms with van der Waals surface area (Å²) in [6.45, 7) is 10.4. The van der Waals surface area contributed by atoms with Gasteiger partial charge in [0.1, 0.15) is 18.3 Å². The van der Waals surface area contributed by atoms with E-state index in [1.165, 1.54) is 20.0 Å². The first-order valence-electron chi connectivity index (χ1n) is 9.55. The van der Waals surface area contributed by atoms with Gasteiger partial charge >= 0.3 is 17.9 Å². The van der Waals surface area contributed by atoms with Gasteiger partial charge in [-0.2, -0.15) is 0 Å². The third-order valence-electron chi connectivity index (χ3n) is 5.47.